The third-order valence-electron chi connectivity index (χ3n) is 3.89. The average Bonchev–Trinajstić information content (AvgIpc) is 2.67. The van der Waals surface area contributed by atoms with Gasteiger partial charge in [-0.1, -0.05) is 6.42 Å². The van der Waals surface area contributed by atoms with Gasteiger partial charge in [0.1, 0.15) is 5.01 Å². The van der Waals surface area contributed by atoms with Gasteiger partial charge in [0.15, 0.2) is 0 Å². The maximum absolute atomic E-state index is 4.68. The van der Waals surface area contributed by atoms with Crippen LogP contribution in [0.25, 0.3) is 0 Å². The Morgan fingerprint density at radius 1 is 1.39 bits per heavy atom. The first-order chi connectivity index (χ1) is 8.70. The molecular formula is C14H25N3S. The van der Waals surface area contributed by atoms with Crippen molar-refractivity contribution in [3.8, 4) is 0 Å². The van der Waals surface area contributed by atoms with Crippen LogP contribution in [0.5, 0.6) is 0 Å². The highest BCUT2D eigenvalue weighted by molar-refractivity contribution is 7.11. The lowest BCUT2D eigenvalue weighted by atomic mass is 9.99. The molecule has 1 aromatic heterocycles. The van der Waals surface area contributed by atoms with Crippen molar-refractivity contribution < 1.29 is 0 Å². The van der Waals surface area contributed by atoms with Gasteiger partial charge in [0.2, 0.25) is 0 Å². The molecule has 1 unspecified atom stereocenters. The van der Waals surface area contributed by atoms with E-state index in [1.807, 2.05) is 18.4 Å². The Hall–Kier alpha value is -0.450. The number of thiazole rings is 1. The molecule has 4 heteroatoms. The SMILES string of the molecule is CNCCC1CCCCN1Cc1nc(C)c(C)s1. The van der Waals surface area contributed by atoms with Crippen LogP contribution in [0.2, 0.25) is 0 Å². The minimum Gasteiger partial charge on any atom is -0.320 e. The molecule has 3 nitrogen and oxygen atoms in total. The highest BCUT2D eigenvalue weighted by Gasteiger charge is 2.22. The molecule has 0 bridgehead atoms. The zero-order valence-corrected chi connectivity index (χ0v) is 12.6. The van der Waals surface area contributed by atoms with Crippen LogP contribution in [0.3, 0.4) is 0 Å². The van der Waals surface area contributed by atoms with Gasteiger partial charge in [0, 0.05) is 10.9 Å². The molecule has 18 heavy (non-hydrogen) atoms. The fraction of sp³-hybridized carbons (Fsp3) is 0.786. The van der Waals surface area contributed by atoms with E-state index in [9.17, 15) is 0 Å². The van der Waals surface area contributed by atoms with E-state index >= 15 is 0 Å². The molecule has 2 rings (SSSR count). The van der Waals surface area contributed by atoms with E-state index < -0.39 is 0 Å². The molecule has 1 saturated heterocycles. The highest BCUT2D eigenvalue weighted by Crippen LogP contribution is 2.24. The van der Waals surface area contributed by atoms with Crippen LogP contribution in [0.4, 0.5) is 0 Å². The van der Waals surface area contributed by atoms with Gasteiger partial charge in [0.25, 0.3) is 0 Å². The van der Waals surface area contributed by atoms with Crippen LogP contribution in [0.1, 0.15) is 41.3 Å². The van der Waals surface area contributed by atoms with Crippen molar-refractivity contribution in [1.29, 1.82) is 0 Å². The Morgan fingerprint density at radius 3 is 2.89 bits per heavy atom. The van der Waals surface area contributed by atoms with Crippen molar-refractivity contribution in [2.24, 2.45) is 0 Å². The van der Waals surface area contributed by atoms with Gasteiger partial charge in [-0.25, -0.2) is 4.98 Å². The van der Waals surface area contributed by atoms with E-state index in [0.717, 1.165) is 19.1 Å². The Morgan fingerprint density at radius 2 is 2.22 bits per heavy atom. The molecule has 102 valence electrons. The molecule has 0 aromatic carbocycles. The molecule has 0 spiro atoms. The van der Waals surface area contributed by atoms with Crippen molar-refractivity contribution >= 4 is 11.3 Å². The Kier molecular flexibility index (Phi) is 5.15. The van der Waals surface area contributed by atoms with Gasteiger partial charge in [-0.3, -0.25) is 4.90 Å². The molecule has 0 aliphatic carbocycles. The summed E-state index contributed by atoms with van der Waals surface area (Å²) >= 11 is 1.87. The van der Waals surface area contributed by atoms with E-state index in [1.165, 1.54) is 47.8 Å². The van der Waals surface area contributed by atoms with Crippen LogP contribution >= 0.6 is 11.3 Å². The second kappa shape index (κ2) is 6.64. The van der Waals surface area contributed by atoms with Crippen LogP contribution in [-0.4, -0.2) is 36.1 Å². The summed E-state index contributed by atoms with van der Waals surface area (Å²) in [6, 6.07) is 0.746. The monoisotopic (exact) mass is 267 g/mol. The minimum absolute atomic E-state index is 0.746. The van der Waals surface area contributed by atoms with Crippen LogP contribution in [0, 0.1) is 13.8 Å². The summed E-state index contributed by atoms with van der Waals surface area (Å²) in [5, 5.41) is 4.57. The molecule has 1 aliphatic heterocycles. The predicted octanol–water partition coefficient (Wildman–Crippen LogP) is 2.72. The molecule has 1 aromatic rings. The number of aryl methyl sites for hydroxylation is 2. The van der Waals surface area contributed by atoms with Crippen molar-refractivity contribution in [3.05, 3.63) is 15.6 Å². The zero-order chi connectivity index (χ0) is 13.0. The molecule has 1 aliphatic rings. The van der Waals surface area contributed by atoms with E-state index in [-0.39, 0.29) is 0 Å². The summed E-state index contributed by atoms with van der Waals surface area (Å²) in [4.78, 5) is 8.69. The maximum Gasteiger partial charge on any atom is 0.107 e. The van der Waals surface area contributed by atoms with Crippen molar-refractivity contribution in [1.82, 2.24) is 15.2 Å². The number of nitrogens with one attached hydrogen (secondary N) is 1. The van der Waals surface area contributed by atoms with Crippen molar-refractivity contribution in [3.63, 3.8) is 0 Å². The molecule has 0 saturated carbocycles. The van der Waals surface area contributed by atoms with Gasteiger partial charge in [0.05, 0.1) is 12.2 Å². The summed E-state index contributed by atoms with van der Waals surface area (Å²) in [5.41, 5.74) is 1.21. The van der Waals surface area contributed by atoms with Gasteiger partial charge in [-0.2, -0.15) is 0 Å². The predicted molar refractivity (Wildman–Crippen MR) is 78.2 cm³/mol. The summed E-state index contributed by atoms with van der Waals surface area (Å²) in [6.45, 7) is 7.70. The maximum atomic E-state index is 4.68. The summed E-state index contributed by atoms with van der Waals surface area (Å²) in [5.74, 6) is 0. The third-order valence-corrected chi connectivity index (χ3v) is 4.95. The molecule has 1 fully saturated rings. The van der Waals surface area contributed by atoms with E-state index in [4.69, 9.17) is 0 Å². The normalized spacial score (nSPS) is 21.4. The molecule has 0 radical (unpaired) electrons. The number of rotatable bonds is 5. The quantitative estimate of drug-likeness (QED) is 0.889. The van der Waals surface area contributed by atoms with Crippen molar-refractivity contribution in [2.75, 3.05) is 20.1 Å². The third kappa shape index (κ3) is 3.53. The summed E-state index contributed by atoms with van der Waals surface area (Å²) in [6.07, 6.45) is 5.35. The Balaban J connectivity index is 1.96. The molecule has 0 amide bonds. The number of likely N-dealkylation sites (tertiary alicyclic amines) is 1. The first kappa shape index (κ1) is 14.0. The van der Waals surface area contributed by atoms with E-state index in [0.29, 0.717) is 0 Å². The number of nitrogens with zero attached hydrogens (tertiary/aromatic N) is 2. The molecular weight excluding hydrogens is 242 g/mol. The Labute approximate surface area is 115 Å². The first-order valence-corrected chi connectivity index (χ1v) is 7.84. The second-order valence-electron chi connectivity index (χ2n) is 5.26. The lowest BCUT2D eigenvalue weighted by Crippen LogP contribution is -2.40. The number of aromatic nitrogens is 1. The average molecular weight is 267 g/mol. The van der Waals surface area contributed by atoms with E-state index in [1.54, 1.807) is 0 Å². The van der Waals surface area contributed by atoms with Crippen LogP contribution < -0.4 is 5.32 Å². The summed E-state index contributed by atoms with van der Waals surface area (Å²) in [7, 11) is 2.04. The minimum atomic E-state index is 0.746. The largest absolute Gasteiger partial charge is 0.320 e. The van der Waals surface area contributed by atoms with Gasteiger partial charge >= 0.3 is 0 Å². The lowest BCUT2D eigenvalue weighted by Gasteiger charge is -2.35. The standard InChI is InChI=1S/C14H25N3S/c1-11-12(2)18-14(16-11)10-17-9-5-4-6-13(17)7-8-15-3/h13,15H,4-10H2,1-3H3. The highest BCUT2D eigenvalue weighted by atomic mass is 32.1. The van der Waals surface area contributed by atoms with E-state index in [2.05, 4.69) is 29.0 Å². The fourth-order valence-corrected chi connectivity index (χ4v) is 3.65. The number of piperidine rings is 1. The second-order valence-corrected chi connectivity index (χ2v) is 6.55. The zero-order valence-electron chi connectivity index (χ0n) is 11.8. The fourth-order valence-electron chi connectivity index (χ4n) is 2.69. The Bertz CT molecular complexity index is 356. The topological polar surface area (TPSA) is 28.2 Å². The molecule has 1 atom stereocenters. The summed E-state index contributed by atoms with van der Waals surface area (Å²) < 4.78 is 0. The van der Waals surface area contributed by atoms with Gasteiger partial charge < -0.3 is 5.32 Å². The van der Waals surface area contributed by atoms with Gasteiger partial charge in [-0.15, -0.1) is 11.3 Å². The molecule has 1 N–H and O–H groups in total. The lowest BCUT2D eigenvalue weighted by molar-refractivity contribution is 0.132. The van der Waals surface area contributed by atoms with Crippen LogP contribution in [-0.2, 0) is 6.54 Å². The molecule has 2 heterocycles. The first-order valence-electron chi connectivity index (χ1n) is 7.02. The van der Waals surface area contributed by atoms with Crippen LogP contribution in [0.15, 0.2) is 0 Å². The number of hydrogen-bond acceptors (Lipinski definition) is 4. The van der Waals surface area contributed by atoms with Crippen molar-refractivity contribution in [2.45, 2.75) is 52.1 Å². The smallest absolute Gasteiger partial charge is 0.107 e. The number of hydrogen-bond donors (Lipinski definition) is 1. The van der Waals surface area contributed by atoms with Gasteiger partial charge in [-0.05, 0) is 53.2 Å².